The predicted octanol–water partition coefficient (Wildman–Crippen LogP) is 4.58. The molecular formula is C18H18Cl2N2O2. The van der Waals surface area contributed by atoms with E-state index in [4.69, 9.17) is 23.2 Å². The molecule has 0 saturated heterocycles. The summed E-state index contributed by atoms with van der Waals surface area (Å²) in [6.07, 6.45) is 0. The van der Waals surface area contributed by atoms with Gasteiger partial charge in [-0.05, 0) is 45.0 Å². The maximum absolute atomic E-state index is 12.8. The van der Waals surface area contributed by atoms with Crippen LogP contribution in [0.5, 0.6) is 0 Å². The molecule has 24 heavy (non-hydrogen) atoms. The van der Waals surface area contributed by atoms with Crippen molar-refractivity contribution in [3.05, 3.63) is 69.7 Å². The Morgan fingerprint density at radius 1 is 0.958 bits per heavy atom. The highest BCUT2D eigenvalue weighted by molar-refractivity contribution is 6.43. The van der Waals surface area contributed by atoms with E-state index in [1.807, 2.05) is 26.8 Å². The van der Waals surface area contributed by atoms with Crippen LogP contribution in [0.1, 0.15) is 41.5 Å². The van der Waals surface area contributed by atoms with E-state index in [1.165, 1.54) is 5.01 Å². The Morgan fingerprint density at radius 3 is 2.17 bits per heavy atom. The van der Waals surface area contributed by atoms with Crippen molar-refractivity contribution in [1.29, 1.82) is 0 Å². The fourth-order valence-corrected chi connectivity index (χ4v) is 2.46. The lowest BCUT2D eigenvalue weighted by molar-refractivity contribution is 0.0358. The second-order valence-electron chi connectivity index (χ2n) is 6.22. The van der Waals surface area contributed by atoms with Crippen LogP contribution in [0.15, 0.2) is 48.5 Å². The van der Waals surface area contributed by atoms with Crippen LogP contribution in [-0.4, -0.2) is 22.4 Å². The van der Waals surface area contributed by atoms with Gasteiger partial charge in [0.25, 0.3) is 11.8 Å². The highest BCUT2D eigenvalue weighted by Gasteiger charge is 2.30. The third-order valence-corrected chi connectivity index (χ3v) is 4.12. The molecule has 6 heteroatoms. The number of hydrazine groups is 1. The molecule has 4 nitrogen and oxygen atoms in total. The third-order valence-electron chi connectivity index (χ3n) is 3.30. The lowest BCUT2D eigenvalue weighted by atomic mass is 10.1. The van der Waals surface area contributed by atoms with Gasteiger partial charge in [0.15, 0.2) is 0 Å². The summed E-state index contributed by atoms with van der Waals surface area (Å²) in [5, 5.41) is 1.72. The molecule has 0 aliphatic heterocycles. The molecule has 0 radical (unpaired) electrons. The summed E-state index contributed by atoms with van der Waals surface area (Å²) in [6, 6.07) is 13.5. The first-order valence-corrected chi connectivity index (χ1v) is 8.12. The average Bonchev–Trinajstić information content (AvgIpc) is 2.54. The Kier molecular flexibility index (Phi) is 5.52. The summed E-state index contributed by atoms with van der Waals surface area (Å²) in [4.78, 5) is 25.3. The highest BCUT2D eigenvalue weighted by Crippen LogP contribution is 2.26. The summed E-state index contributed by atoms with van der Waals surface area (Å²) in [7, 11) is 0. The van der Waals surface area contributed by atoms with Gasteiger partial charge in [-0.1, -0.05) is 47.5 Å². The third kappa shape index (κ3) is 4.08. The Labute approximate surface area is 151 Å². The largest absolute Gasteiger partial charge is 0.272 e. The molecule has 0 aromatic heterocycles. The molecule has 0 bridgehead atoms. The Hall–Kier alpha value is -2.04. The van der Waals surface area contributed by atoms with Crippen LogP contribution in [0.4, 0.5) is 0 Å². The van der Waals surface area contributed by atoms with Crippen molar-refractivity contribution in [1.82, 2.24) is 10.4 Å². The van der Waals surface area contributed by atoms with Gasteiger partial charge >= 0.3 is 0 Å². The SMILES string of the molecule is CC(C)(C)N(NC(=O)c1cccc(Cl)c1Cl)C(=O)c1ccccc1. The van der Waals surface area contributed by atoms with Crippen LogP contribution < -0.4 is 5.43 Å². The van der Waals surface area contributed by atoms with Crippen molar-refractivity contribution < 1.29 is 9.59 Å². The van der Waals surface area contributed by atoms with Gasteiger partial charge in [0.1, 0.15) is 0 Å². The first-order chi connectivity index (χ1) is 11.2. The quantitative estimate of drug-likeness (QED) is 0.792. The smallest absolute Gasteiger partial charge is 0.267 e. The summed E-state index contributed by atoms with van der Waals surface area (Å²) in [5.74, 6) is -0.809. The van der Waals surface area contributed by atoms with E-state index < -0.39 is 11.4 Å². The molecule has 126 valence electrons. The summed E-state index contributed by atoms with van der Waals surface area (Å²) in [5.41, 5.74) is 2.69. The van der Waals surface area contributed by atoms with Gasteiger partial charge in [-0.15, -0.1) is 0 Å². The maximum atomic E-state index is 12.8. The van der Waals surface area contributed by atoms with Gasteiger partial charge in [-0.3, -0.25) is 15.0 Å². The van der Waals surface area contributed by atoms with E-state index >= 15 is 0 Å². The van der Waals surface area contributed by atoms with Crippen LogP contribution in [0.2, 0.25) is 10.0 Å². The van der Waals surface area contributed by atoms with E-state index in [-0.39, 0.29) is 21.5 Å². The first kappa shape index (κ1) is 18.3. The number of nitrogens with zero attached hydrogens (tertiary/aromatic N) is 1. The van der Waals surface area contributed by atoms with Crippen molar-refractivity contribution in [2.24, 2.45) is 0 Å². The molecule has 2 aromatic rings. The minimum atomic E-state index is -0.631. The van der Waals surface area contributed by atoms with Crippen molar-refractivity contribution in [3.63, 3.8) is 0 Å². The number of carbonyl (C=O) groups excluding carboxylic acids is 2. The number of amides is 2. The minimum Gasteiger partial charge on any atom is -0.267 e. The number of hydrogen-bond acceptors (Lipinski definition) is 2. The number of halogens is 2. The Morgan fingerprint density at radius 2 is 1.58 bits per heavy atom. The second-order valence-corrected chi connectivity index (χ2v) is 7.00. The molecule has 0 fully saturated rings. The zero-order valence-corrected chi connectivity index (χ0v) is 15.2. The van der Waals surface area contributed by atoms with Crippen molar-refractivity contribution in [2.75, 3.05) is 0 Å². The van der Waals surface area contributed by atoms with E-state index in [1.54, 1.807) is 42.5 Å². The van der Waals surface area contributed by atoms with Crippen LogP contribution in [0.25, 0.3) is 0 Å². The molecule has 0 saturated carbocycles. The monoisotopic (exact) mass is 364 g/mol. The minimum absolute atomic E-state index is 0.151. The van der Waals surface area contributed by atoms with Crippen molar-refractivity contribution >= 4 is 35.0 Å². The fraction of sp³-hybridized carbons (Fsp3) is 0.222. The number of nitrogens with one attached hydrogen (secondary N) is 1. The standard InChI is InChI=1S/C18H18Cl2N2O2/c1-18(2,3)22(17(24)12-8-5-4-6-9-12)21-16(23)13-10-7-11-14(19)15(13)20/h4-11H,1-3H3,(H,21,23). The molecule has 0 unspecified atom stereocenters. The molecule has 0 aliphatic carbocycles. The predicted molar refractivity (Wildman–Crippen MR) is 96.3 cm³/mol. The summed E-state index contributed by atoms with van der Waals surface area (Å²) in [6.45, 7) is 5.48. The van der Waals surface area contributed by atoms with Gasteiger partial charge in [-0.2, -0.15) is 0 Å². The van der Waals surface area contributed by atoms with Gasteiger partial charge in [0.05, 0.1) is 21.1 Å². The molecule has 0 atom stereocenters. The molecule has 0 aliphatic rings. The molecule has 0 spiro atoms. The highest BCUT2D eigenvalue weighted by atomic mass is 35.5. The normalized spacial score (nSPS) is 11.0. The van der Waals surface area contributed by atoms with Crippen molar-refractivity contribution in [2.45, 2.75) is 26.3 Å². The van der Waals surface area contributed by atoms with Crippen LogP contribution in [-0.2, 0) is 0 Å². The number of hydrogen-bond donors (Lipinski definition) is 1. The van der Waals surface area contributed by atoms with Gasteiger partial charge in [0, 0.05) is 5.56 Å². The Bertz CT molecular complexity index is 755. The lowest BCUT2D eigenvalue weighted by Gasteiger charge is -2.35. The van der Waals surface area contributed by atoms with E-state index in [9.17, 15) is 9.59 Å². The molecule has 2 aromatic carbocycles. The number of rotatable bonds is 2. The molecule has 2 rings (SSSR count). The van der Waals surface area contributed by atoms with E-state index in [0.29, 0.717) is 5.56 Å². The zero-order valence-electron chi connectivity index (χ0n) is 13.6. The second kappa shape index (κ2) is 7.24. The topological polar surface area (TPSA) is 49.4 Å². The van der Waals surface area contributed by atoms with Gasteiger partial charge in [0.2, 0.25) is 0 Å². The molecule has 2 amide bonds. The summed E-state index contributed by atoms with van der Waals surface area (Å²) >= 11 is 12.0. The zero-order chi connectivity index (χ0) is 17.9. The molecular weight excluding hydrogens is 347 g/mol. The number of benzene rings is 2. The summed E-state index contributed by atoms with van der Waals surface area (Å²) < 4.78 is 0. The lowest BCUT2D eigenvalue weighted by Crippen LogP contribution is -2.55. The molecule has 0 heterocycles. The van der Waals surface area contributed by atoms with Crippen molar-refractivity contribution in [3.8, 4) is 0 Å². The number of carbonyl (C=O) groups is 2. The maximum Gasteiger partial charge on any atom is 0.272 e. The average molecular weight is 365 g/mol. The van der Waals surface area contributed by atoms with E-state index in [0.717, 1.165) is 0 Å². The van der Waals surface area contributed by atoms with E-state index in [2.05, 4.69) is 5.43 Å². The van der Waals surface area contributed by atoms with Crippen LogP contribution >= 0.6 is 23.2 Å². The van der Waals surface area contributed by atoms with Crippen LogP contribution in [0.3, 0.4) is 0 Å². The first-order valence-electron chi connectivity index (χ1n) is 7.36. The fourth-order valence-electron chi connectivity index (χ4n) is 2.07. The van der Waals surface area contributed by atoms with Gasteiger partial charge in [-0.25, -0.2) is 5.01 Å². The molecule has 1 N–H and O–H groups in total. The van der Waals surface area contributed by atoms with Gasteiger partial charge < -0.3 is 0 Å². The van der Waals surface area contributed by atoms with Crippen LogP contribution in [0, 0.1) is 0 Å². The Balaban J connectivity index is 2.32.